The lowest BCUT2D eigenvalue weighted by atomic mass is 10.1. The summed E-state index contributed by atoms with van der Waals surface area (Å²) in [5.41, 5.74) is -0.0473. The van der Waals surface area contributed by atoms with Crippen LogP contribution in [0.15, 0.2) is 24.3 Å². The molecule has 20 heavy (non-hydrogen) atoms. The number of hydrogen-bond acceptors (Lipinski definition) is 3. The lowest BCUT2D eigenvalue weighted by Gasteiger charge is -2.14. The minimum absolute atomic E-state index is 0.0473. The van der Waals surface area contributed by atoms with Crippen molar-refractivity contribution in [2.45, 2.75) is 18.6 Å². The molecule has 1 aromatic rings. The van der Waals surface area contributed by atoms with Crippen LogP contribution in [0.2, 0.25) is 0 Å². The Kier molecular flexibility index (Phi) is 5.23. The van der Waals surface area contributed by atoms with E-state index in [2.05, 4.69) is 9.47 Å². The average Bonchev–Trinajstić information content (AvgIpc) is 2.25. The van der Waals surface area contributed by atoms with Crippen LogP contribution >= 0.6 is 0 Å². The largest absolute Gasteiger partial charge is 0.573 e. The van der Waals surface area contributed by atoms with Gasteiger partial charge in [0.05, 0.1) is 6.61 Å². The van der Waals surface area contributed by atoms with Gasteiger partial charge in [0.15, 0.2) is 0 Å². The van der Waals surface area contributed by atoms with Gasteiger partial charge in [-0.05, 0) is 17.7 Å². The fraction of sp³-hybridized carbons (Fsp3) is 0.455. The van der Waals surface area contributed by atoms with E-state index >= 15 is 0 Å². The standard InChI is InChI=1S/C11H10F6O3/c12-10(13,14)6-19-5-9(18)7-2-1-3-8(4-7)20-11(15,16)17/h1-4,9,18H,5-6H2. The van der Waals surface area contributed by atoms with E-state index in [0.717, 1.165) is 12.1 Å². The molecule has 0 saturated heterocycles. The van der Waals surface area contributed by atoms with Gasteiger partial charge in [-0.3, -0.25) is 0 Å². The Hall–Kier alpha value is -1.48. The quantitative estimate of drug-likeness (QED) is 0.849. The Labute approximate surface area is 109 Å². The summed E-state index contributed by atoms with van der Waals surface area (Å²) in [7, 11) is 0. The molecule has 0 aliphatic rings. The number of alkyl halides is 6. The van der Waals surface area contributed by atoms with Crippen LogP contribution in [0.3, 0.4) is 0 Å². The molecule has 0 spiro atoms. The normalized spacial score (nSPS) is 14.2. The summed E-state index contributed by atoms with van der Waals surface area (Å²) in [5.74, 6) is -0.579. The maximum absolute atomic E-state index is 12.0. The van der Waals surface area contributed by atoms with E-state index in [1.807, 2.05) is 0 Å². The van der Waals surface area contributed by atoms with E-state index in [9.17, 15) is 31.4 Å². The highest BCUT2D eigenvalue weighted by atomic mass is 19.4. The highest BCUT2D eigenvalue weighted by Gasteiger charge is 2.31. The first-order valence-corrected chi connectivity index (χ1v) is 5.25. The van der Waals surface area contributed by atoms with Crippen LogP contribution in [0.25, 0.3) is 0 Å². The minimum atomic E-state index is -4.89. The zero-order valence-corrected chi connectivity index (χ0v) is 9.83. The first-order chi connectivity index (χ1) is 9.07. The molecule has 0 fully saturated rings. The third-order valence-electron chi connectivity index (χ3n) is 2.02. The van der Waals surface area contributed by atoms with Gasteiger partial charge >= 0.3 is 12.5 Å². The molecule has 0 heterocycles. The van der Waals surface area contributed by atoms with E-state index < -0.39 is 37.6 Å². The van der Waals surface area contributed by atoms with Gasteiger partial charge in [0.2, 0.25) is 0 Å². The molecule has 3 nitrogen and oxygen atoms in total. The van der Waals surface area contributed by atoms with Crippen LogP contribution in [-0.2, 0) is 4.74 Å². The number of aliphatic hydroxyl groups is 1. The van der Waals surface area contributed by atoms with Crippen molar-refractivity contribution >= 4 is 0 Å². The predicted molar refractivity (Wildman–Crippen MR) is 55.0 cm³/mol. The van der Waals surface area contributed by atoms with Crippen molar-refractivity contribution in [1.29, 1.82) is 0 Å². The highest BCUT2D eigenvalue weighted by Crippen LogP contribution is 2.26. The molecule has 0 amide bonds. The number of ether oxygens (including phenoxy) is 2. The second-order valence-electron chi connectivity index (χ2n) is 3.77. The van der Waals surface area contributed by atoms with Crippen LogP contribution in [0.5, 0.6) is 5.75 Å². The van der Waals surface area contributed by atoms with Gasteiger partial charge in [0, 0.05) is 0 Å². The number of halogens is 6. The highest BCUT2D eigenvalue weighted by molar-refractivity contribution is 5.30. The van der Waals surface area contributed by atoms with Crippen molar-refractivity contribution in [3.8, 4) is 5.75 Å². The molecule has 9 heteroatoms. The smallest absolute Gasteiger partial charge is 0.406 e. The molecular weight excluding hydrogens is 294 g/mol. The van der Waals surface area contributed by atoms with Crippen LogP contribution < -0.4 is 4.74 Å². The third kappa shape index (κ3) is 6.62. The van der Waals surface area contributed by atoms with E-state index in [4.69, 9.17) is 0 Å². The summed E-state index contributed by atoms with van der Waals surface area (Å²) in [6, 6.07) is 4.28. The molecule has 1 N–H and O–H groups in total. The number of aliphatic hydroxyl groups excluding tert-OH is 1. The van der Waals surface area contributed by atoms with Gasteiger partial charge in [-0.1, -0.05) is 12.1 Å². The average molecular weight is 304 g/mol. The molecule has 1 atom stereocenters. The number of hydrogen-bond donors (Lipinski definition) is 1. The summed E-state index contributed by atoms with van der Waals surface area (Å²) in [6.45, 7) is -2.25. The van der Waals surface area contributed by atoms with E-state index in [0.29, 0.717) is 0 Å². The molecule has 1 unspecified atom stereocenters. The molecule has 114 valence electrons. The third-order valence-corrected chi connectivity index (χ3v) is 2.02. The van der Waals surface area contributed by atoms with Crippen molar-refractivity contribution in [2.75, 3.05) is 13.2 Å². The van der Waals surface area contributed by atoms with Gasteiger partial charge in [0.25, 0.3) is 0 Å². The van der Waals surface area contributed by atoms with Gasteiger partial charge < -0.3 is 14.6 Å². The Morgan fingerprint density at radius 2 is 1.75 bits per heavy atom. The lowest BCUT2D eigenvalue weighted by molar-refractivity contribution is -0.274. The Morgan fingerprint density at radius 3 is 2.30 bits per heavy atom. The molecule has 0 aliphatic heterocycles. The molecule has 0 saturated carbocycles. The van der Waals surface area contributed by atoms with Crippen molar-refractivity contribution < 1.29 is 40.9 Å². The second kappa shape index (κ2) is 6.31. The second-order valence-corrected chi connectivity index (χ2v) is 3.77. The van der Waals surface area contributed by atoms with Crippen molar-refractivity contribution in [3.63, 3.8) is 0 Å². The van der Waals surface area contributed by atoms with Gasteiger partial charge in [0.1, 0.15) is 18.5 Å². The van der Waals surface area contributed by atoms with Crippen molar-refractivity contribution in [3.05, 3.63) is 29.8 Å². The lowest BCUT2D eigenvalue weighted by Crippen LogP contribution is -2.20. The first kappa shape index (κ1) is 16.6. The zero-order chi connectivity index (χ0) is 15.4. The zero-order valence-electron chi connectivity index (χ0n) is 9.83. The molecule has 1 rings (SSSR count). The van der Waals surface area contributed by atoms with Crippen LogP contribution in [-0.4, -0.2) is 30.9 Å². The number of benzene rings is 1. The van der Waals surface area contributed by atoms with Crippen LogP contribution in [0.4, 0.5) is 26.3 Å². The van der Waals surface area contributed by atoms with Gasteiger partial charge in [-0.2, -0.15) is 13.2 Å². The van der Waals surface area contributed by atoms with E-state index in [1.54, 1.807) is 0 Å². The predicted octanol–water partition coefficient (Wildman–Crippen LogP) is 3.20. The minimum Gasteiger partial charge on any atom is -0.406 e. The Balaban J connectivity index is 2.60. The van der Waals surface area contributed by atoms with Crippen LogP contribution in [0, 0.1) is 0 Å². The topological polar surface area (TPSA) is 38.7 Å². The summed E-state index contributed by atoms with van der Waals surface area (Å²) < 4.78 is 79.2. The summed E-state index contributed by atoms with van der Waals surface area (Å²) in [6.07, 6.45) is -10.9. The van der Waals surface area contributed by atoms with E-state index in [1.165, 1.54) is 12.1 Å². The monoisotopic (exact) mass is 304 g/mol. The molecule has 0 bridgehead atoms. The van der Waals surface area contributed by atoms with Crippen molar-refractivity contribution in [2.24, 2.45) is 0 Å². The summed E-state index contributed by atoms with van der Waals surface area (Å²) in [5, 5.41) is 9.51. The molecular formula is C11H10F6O3. The first-order valence-electron chi connectivity index (χ1n) is 5.25. The molecule has 0 aliphatic carbocycles. The maximum Gasteiger partial charge on any atom is 0.573 e. The SMILES string of the molecule is OC(COCC(F)(F)F)c1cccc(OC(F)(F)F)c1. The van der Waals surface area contributed by atoms with Crippen molar-refractivity contribution in [1.82, 2.24) is 0 Å². The van der Waals surface area contributed by atoms with Gasteiger partial charge in [-0.15, -0.1) is 13.2 Å². The Morgan fingerprint density at radius 1 is 1.10 bits per heavy atom. The molecule has 1 aromatic carbocycles. The van der Waals surface area contributed by atoms with E-state index in [-0.39, 0.29) is 5.56 Å². The summed E-state index contributed by atoms with van der Waals surface area (Å²) in [4.78, 5) is 0. The maximum atomic E-state index is 12.0. The summed E-state index contributed by atoms with van der Waals surface area (Å²) >= 11 is 0. The Bertz CT molecular complexity index is 429. The fourth-order valence-corrected chi connectivity index (χ4v) is 1.30. The van der Waals surface area contributed by atoms with Gasteiger partial charge in [-0.25, -0.2) is 0 Å². The fourth-order valence-electron chi connectivity index (χ4n) is 1.30. The number of rotatable bonds is 5. The van der Waals surface area contributed by atoms with Crippen LogP contribution in [0.1, 0.15) is 11.7 Å². The molecule has 0 aromatic heterocycles. The molecule has 0 radical (unpaired) electrons.